The maximum absolute atomic E-state index is 12.5. The van der Waals surface area contributed by atoms with E-state index in [1.54, 1.807) is 0 Å². The van der Waals surface area contributed by atoms with Crippen LogP contribution in [0.25, 0.3) is 0 Å². The van der Waals surface area contributed by atoms with Gasteiger partial charge in [-0.3, -0.25) is 4.79 Å². The largest absolute Gasteiger partial charge is 0.354 e. The van der Waals surface area contributed by atoms with Gasteiger partial charge in [-0.1, -0.05) is 19.3 Å². The molecule has 140 valence electrons. The van der Waals surface area contributed by atoms with Gasteiger partial charge in [-0.25, -0.2) is 12.7 Å². The molecule has 0 bridgehead atoms. The van der Waals surface area contributed by atoms with Gasteiger partial charge in [0.25, 0.3) is 0 Å². The topological polar surface area (TPSA) is 69.7 Å². The smallest absolute Gasteiger partial charge is 0.223 e. The van der Waals surface area contributed by atoms with E-state index in [2.05, 4.69) is 24.3 Å². The second kappa shape index (κ2) is 8.63. The number of carbonyl (C=O) groups excluding carboxylic acids is 1. The Bertz CT molecular complexity index is 507. The first-order valence-corrected chi connectivity index (χ1v) is 11.0. The van der Waals surface area contributed by atoms with E-state index in [1.807, 2.05) is 0 Å². The molecule has 1 heterocycles. The van der Waals surface area contributed by atoms with Crippen molar-refractivity contribution in [2.75, 3.05) is 40.0 Å². The standard InChI is InChI=1S/C17H33N3O3S/c1-19(2)16(14-7-5-4-6-8-14)13-18-17(21)15-9-11-20(12-10-15)24(3,22)23/h14-16H,4-13H2,1-3H3,(H,18,21)/t16-/m0/s1. The SMILES string of the molecule is CN(C)[C@@H](CNC(=O)C1CCN(S(C)(=O)=O)CC1)C1CCCCC1. The van der Waals surface area contributed by atoms with Crippen LogP contribution in [0.3, 0.4) is 0 Å². The normalized spacial score (nSPS) is 23.3. The summed E-state index contributed by atoms with van der Waals surface area (Å²) in [7, 11) is 1.06. The van der Waals surface area contributed by atoms with Gasteiger partial charge in [-0.15, -0.1) is 0 Å². The van der Waals surface area contributed by atoms with Crippen molar-refractivity contribution >= 4 is 15.9 Å². The Hall–Kier alpha value is -0.660. The van der Waals surface area contributed by atoms with Crippen LogP contribution in [0.15, 0.2) is 0 Å². The van der Waals surface area contributed by atoms with Crippen molar-refractivity contribution in [3.63, 3.8) is 0 Å². The van der Waals surface area contributed by atoms with Crippen molar-refractivity contribution in [2.45, 2.75) is 51.0 Å². The lowest BCUT2D eigenvalue weighted by molar-refractivity contribution is -0.126. The van der Waals surface area contributed by atoms with Gasteiger partial charge >= 0.3 is 0 Å². The average molecular weight is 360 g/mol. The van der Waals surface area contributed by atoms with E-state index in [9.17, 15) is 13.2 Å². The summed E-state index contributed by atoms with van der Waals surface area (Å²) in [5.41, 5.74) is 0. The van der Waals surface area contributed by atoms with Gasteiger partial charge in [0, 0.05) is 31.6 Å². The Morgan fingerprint density at radius 1 is 1.12 bits per heavy atom. The molecule has 24 heavy (non-hydrogen) atoms. The summed E-state index contributed by atoms with van der Waals surface area (Å²) in [5.74, 6) is 0.698. The predicted molar refractivity (Wildman–Crippen MR) is 96.2 cm³/mol. The molecule has 1 saturated carbocycles. The van der Waals surface area contributed by atoms with Crippen molar-refractivity contribution < 1.29 is 13.2 Å². The minimum atomic E-state index is -3.13. The summed E-state index contributed by atoms with van der Waals surface area (Å²) >= 11 is 0. The Morgan fingerprint density at radius 2 is 1.71 bits per heavy atom. The van der Waals surface area contributed by atoms with Crippen LogP contribution in [0.4, 0.5) is 0 Å². The lowest BCUT2D eigenvalue weighted by Crippen LogP contribution is -2.48. The number of rotatable bonds is 6. The maximum Gasteiger partial charge on any atom is 0.223 e. The first-order chi connectivity index (χ1) is 11.3. The molecule has 1 saturated heterocycles. The molecule has 0 radical (unpaired) electrons. The minimum Gasteiger partial charge on any atom is -0.354 e. The number of amides is 1. The number of sulfonamides is 1. The number of likely N-dealkylation sites (N-methyl/N-ethyl adjacent to an activating group) is 1. The van der Waals surface area contributed by atoms with Crippen LogP contribution < -0.4 is 5.32 Å². The summed E-state index contributed by atoms with van der Waals surface area (Å²) in [6, 6.07) is 0.394. The Morgan fingerprint density at radius 3 is 2.21 bits per heavy atom. The van der Waals surface area contributed by atoms with Crippen LogP contribution in [0.1, 0.15) is 44.9 Å². The molecule has 2 aliphatic rings. The summed E-state index contributed by atoms with van der Waals surface area (Å²) < 4.78 is 24.6. The van der Waals surface area contributed by atoms with Gasteiger partial charge in [-0.2, -0.15) is 0 Å². The van der Waals surface area contributed by atoms with Crippen LogP contribution in [0.5, 0.6) is 0 Å². The molecular weight excluding hydrogens is 326 g/mol. The fourth-order valence-corrected chi connectivity index (χ4v) is 4.96. The second-order valence-corrected chi connectivity index (χ2v) is 9.59. The average Bonchev–Trinajstić information content (AvgIpc) is 2.55. The molecule has 1 atom stereocenters. The maximum atomic E-state index is 12.5. The number of carbonyl (C=O) groups is 1. The van der Waals surface area contributed by atoms with E-state index in [1.165, 1.54) is 42.7 Å². The van der Waals surface area contributed by atoms with Crippen LogP contribution in [0, 0.1) is 11.8 Å². The number of nitrogens with zero attached hydrogens (tertiary/aromatic N) is 2. The molecule has 0 aromatic rings. The molecule has 0 aromatic carbocycles. The molecule has 2 rings (SSSR count). The van der Waals surface area contributed by atoms with Crippen molar-refractivity contribution in [2.24, 2.45) is 11.8 Å². The van der Waals surface area contributed by atoms with Crippen LogP contribution in [-0.4, -0.2) is 69.6 Å². The molecule has 2 fully saturated rings. The summed E-state index contributed by atoms with van der Waals surface area (Å²) in [6.45, 7) is 1.61. The zero-order valence-corrected chi connectivity index (χ0v) is 16.1. The van der Waals surface area contributed by atoms with E-state index in [4.69, 9.17) is 0 Å². The molecular formula is C17H33N3O3S. The highest BCUT2D eigenvalue weighted by Crippen LogP contribution is 2.28. The highest BCUT2D eigenvalue weighted by molar-refractivity contribution is 7.88. The second-order valence-electron chi connectivity index (χ2n) is 7.61. The Labute approximate surface area is 147 Å². The number of hydrogen-bond donors (Lipinski definition) is 1. The van der Waals surface area contributed by atoms with Gasteiger partial charge in [0.05, 0.1) is 6.26 Å². The molecule has 1 aliphatic carbocycles. The van der Waals surface area contributed by atoms with Crippen LogP contribution in [0.2, 0.25) is 0 Å². The molecule has 1 aliphatic heterocycles. The van der Waals surface area contributed by atoms with E-state index < -0.39 is 10.0 Å². The summed E-state index contributed by atoms with van der Waals surface area (Å²) in [5, 5.41) is 3.14. The lowest BCUT2D eigenvalue weighted by atomic mass is 9.83. The molecule has 6 nitrogen and oxygen atoms in total. The predicted octanol–water partition coefficient (Wildman–Crippen LogP) is 1.28. The van der Waals surface area contributed by atoms with E-state index in [-0.39, 0.29) is 11.8 Å². The molecule has 1 amide bonds. The highest BCUT2D eigenvalue weighted by Gasteiger charge is 2.30. The van der Waals surface area contributed by atoms with Crippen molar-refractivity contribution in [3.8, 4) is 0 Å². The third kappa shape index (κ3) is 5.43. The lowest BCUT2D eigenvalue weighted by Gasteiger charge is -2.35. The number of hydrogen-bond acceptors (Lipinski definition) is 4. The Kier molecular flexibility index (Phi) is 7.07. The van der Waals surface area contributed by atoms with Crippen molar-refractivity contribution in [1.82, 2.24) is 14.5 Å². The number of nitrogens with one attached hydrogen (secondary N) is 1. The molecule has 7 heteroatoms. The van der Waals surface area contributed by atoms with Crippen LogP contribution >= 0.6 is 0 Å². The van der Waals surface area contributed by atoms with E-state index in [0.717, 1.165) is 0 Å². The van der Waals surface area contributed by atoms with Gasteiger partial charge in [0.15, 0.2) is 0 Å². The molecule has 0 unspecified atom stereocenters. The first-order valence-electron chi connectivity index (χ1n) is 9.18. The molecule has 1 N–H and O–H groups in total. The zero-order valence-electron chi connectivity index (χ0n) is 15.3. The Balaban J connectivity index is 1.81. The van der Waals surface area contributed by atoms with E-state index >= 15 is 0 Å². The molecule has 0 aromatic heterocycles. The highest BCUT2D eigenvalue weighted by atomic mass is 32.2. The number of piperidine rings is 1. The van der Waals surface area contributed by atoms with Crippen LogP contribution in [-0.2, 0) is 14.8 Å². The fraction of sp³-hybridized carbons (Fsp3) is 0.941. The van der Waals surface area contributed by atoms with Crippen molar-refractivity contribution in [3.05, 3.63) is 0 Å². The van der Waals surface area contributed by atoms with Crippen molar-refractivity contribution in [1.29, 1.82) is 0 Å². The zero-order chi connectivity index (χ0) is 17.7. The van der Waals surface area contributed by atoms with Gasteiger partial charge < -0.3 is 10.2 Å². The summed E-state index contributed by atoms with van der Waals surface area (Å²) in [6.07, 6.45) is 8.92. The monoisotopic (exact) mass is 359 g/mol. The third-order valence-corrected chi connectivity index (χ3v) is 6.94. The minimum absolute atomic E-state index is 0.0582. The fourth-order valence-electron chi connectivity index (χ4n) is 4.09. The van der Waals surface area contributed by atoms with Gasteiger partial charge in [0.2, 0.25) is 15.9 Å². The van der Waals surface area contributed by atoms with Gasteiger partial charge in [0.1, 0.15) is 0 Å². The van der Waals surface area contributed by atoms with E-state index in [0.29, 0.717) is 44.4 Å². The quantitative estimate of drug-likeness (QED) is 0.776. The first kappa shape index (κ1) is 19.7. The van der Waals surface area contributed by atoms with Gasteiger partial charge in [-0.05, 0) is 45.7 Å². The summed E-state index contributed by atoms with van der Waals surface area (Å²) in [4.78, 5) is 14.7. The third-order valence-electron chi connectivity index (χ3n) is 5.64. The molecule has 0 spiro atoms.